The Morgan fingerprint density at radius 2 is 2.12 bits per heavy atom. The standard InChI is InChI=1S/C19H25NO4/c1-12-4-3-5-14(11-20(19(22)23)15-7-8-15)6-9-16-13(2)18(21)24-17(16)10-12/h5,10,15-17H,2-4,6-9,11H2,1H3,(H,22,23)/t16-,17-/m1/s1. The van der Waals surface area contributed by atoms with E-state index in [0.717, 1.165) is 44.1 Å². The maximum atomic E-state index is 11.8. The molecule has 0 aromatic rings. The molecule has 1 N–H and O–H groups in total. The summed E-state index contributed by atoms with van der Waals surface area (Å²) < 4.78 is 5.44. The number of hydrogen-bond acceptors (Lipinski definition) is 3. The van der Waals surface area contributed by atoms with Crippen molar-refractivity contribution in [3.8, 4) is 0 Å². The number of carbonyl (C=O) groups excluding carboxylic acids is 1. The van der Waals surface area contributed by atoms with Crippen LogP contribution >= 0.6 is 0 Å². The summed E-state index contributed by atoms with van der Waals surface area (Å²) in [6, 6.07) is 0.180. The zero-order valence-corrected chi connectivity index (χ0v) is 14.2. The molecule has 1 saturated carbocycles. The number of fused-ring (bicyclic) bond motifs is 1. The van der Waals surface area contributed by atoms with Crippen LogP contribution in [0.5, 0.6) is 0 Å². The highest BCUT2D eigenvalue weighted by atomic mass is 16.5. The van der Waals surface area contributed by atoms with E-state index in [-0.39, 0.29) is 24.0 Å². The van der Waals surface area contributed by atoms with Crippen LogP contribution in [0.25, 0.3) is 0 Å². The molecule has 0 unspecified atom stereocenters. The summed E-state index contributed by atoms with van der Waals surface area (Å²) in [7, 11) is 0. The van der Waals surface area contributed by atoms with Crippen LogP contribution in [-0.2, 0) is 9.53 Å². The van der Waals surface area contributed by atoms with Gasteiger partial charge < -0.3 is 14.7 Å². The van der Waals surface area contributed by atoms with Gasteiger partial charge >= 0.3 is 12.1 Å². The Morgan fingerprint density at radius 1 is 1.38 bits per heavy atom. The lowest BCUT2D eigenvalue weighted by Gasteiger charge is -2.23. The summed E-state index contributed by atoms with van der Waals surface area (Å²) in [4.78, 5) is 24.9. The van der Waals surface area contributed by atoms with E-state index in [1.165, 1.54) is 5.57 Å². The highest BCUT2D eigenvalue weighted by Crippen LogP contribution is 2.35. The molecular weight excluding hydrogens is 306 g/mol. The Balaban J connectivity index is 1.75. The number of carboxylic acid groups (broad SMARTS) is 1. The van der Waals surface area contributed by atoms with Crippen LogP contribution in [-0.4, -0.2) is 40.8 Å². The number of allylic oxidation sites excluding steroid dienone is 2. The number of nitrogens with zero attached hydrogens (tertiary/aromatic N) is 1. The van der Waals surface area contributed by atoms with Crippen LogP contribution in [0.2, 0.25) is 0 Å². The van der Waals surface area contributed by atoms with Crippen LogP contribution in [0.15, 0.2) is 35.5 Å². The second-order valence-electron chi connectivity index (χ2n) is 7.10. The van der Waals surface area contributed by atoms with Gasteiger partial charge in [0.1, 0.15) is 6.10 Å². The van der Waals surface area contributed by atoms with E-state index in [2.05, 4.69) is 19.6 Å². The summed E-state index contributed by atoms with van der Waals surface area (Å²) in [5.41, 5.74) is 2.88. The quantitative estimate of drug-likeness (QED) is 0.487. The molecule has 2 aliphatic carbocycles. The zero-order chi connectivity index (χ0) is 17.3. The Kier molecular flexibility index (Phi) is 4.78. The van der Waals surface area contributed by atoms with Gasteiger partial charge in [-0.25, -0.2) is 9.59 Å². The first-order valence-corrected chi connectivity index (χ1v) is 8.70. The molecule has 24 heavy (non-hydrogen) atoms. The minimum atomic E-state index is -0.840. The summed E-state index contributed by atoms with van der Waals surface area (Å²) >= 11 is 0. The number of esters is 1. The average molecular weight is 331 g/mol. The Morgan fingerprint density at radius 3 is 2.79 bits per heavy atom. The van der Waals surface area contributed by atoms with Gasteiger partial charge in [0.05, 0.1) is 0 Å². The topological polar surface area (TPSA) is 66.8 Å². The molecule has 5 nitrogen and oxygen atoms in total. The Labute approximate surface area is 142 Å². The molecule has 3 rings (SSSR count). The molecule has 0 spiro atoms. The van der Waals surface area contributed by atoms with E-state index < -0.39 is 6.09 Å². The van der Waals surface area contributed by atoms with Gasteiger partial charge in [0.25, 0.3) is 0 Å². The third-order valence-corrected chi connectivity index (χ3v) is 5.15. The van der Waals surface area contributed by atoms with E-state index in [9.17, 15) is 14.7 Å². The molecular formula is C19H25NO4. The number of amides is 1. The second-order valence-corrected chi connectivity index (χ2v) is 7.10. The Hall–Kier alpha value is -2.04. The molecule has 1 aliphatic heterocycles. The van der Waals surface area contributed by atoms with Crippen molar-refractivity contribution in [2.45, 2.75) is 57.6 Å². The van der Waals surface area contributed by atoms with Gasteiger partial charge in [-0.05, 0) is 51.5 Å². The predicted octanol–water partition coefficient (Wildman–Crippen LogP) is 3.67. The number of hydrogen-bond donors (Lipinski definition) is 1. The van der Waals surface area contributed by atoms with Crippen molar-refractivity contribution < 1.29 is 19.4 Å². The molecule has 1 heterocycles. The van der Waals surface area contributed by atoms with E-state index in [1.807, 2.05) is 6.08 Å². The fraction of sp³-hybridized carbons (Fsp3) is 0.579. The minimum absolute atomic E-state index is 0.00634. The molecule has 2 fully saturated rings. The van der Waals surface area contributed by atoms with Crippen molar-refractivity contribution in [3.05, 3.63) is 35.5 Å². The highest BCUT2D eigenvalue weighted by Gasteiger charge is 2.38. The van der Waals surface area contributed by atoms with Crippen LogP contribution in [0, 0.1) is 5.92 Å². The number of carbonyl (C=O) groups is 2. The van der Waals surface area contributed by atoms with E-state index >= 15 is 0 Å². The van der Waals surface area contributed by atoms with E-state index in [0.29, 0.717) is 12.1 Å². The Bertz CT molecular complexity index is 615. The van der Waals surface area contributed by atoms with Crippen LogP contribution in [0.1, 0.15) is 45.4 Å². The molecule has 0 aromatic heterocycles. The third-order valence-electron chi connectivity index (χ3n) is 5.15. The first-order chi connectivity index (χ1) is 11.5. The molecule has 0 radical (unpaired) electrons. The van der Waals surface area contributed by atoms with Crippen LogP contribution in [0.4, 0.5) is 4.79 Å². The molecule has 0 bridgehead atoms. The van der Waals surface area contributed by atoms with Crippen LogP contribution < -0.4 is 0 Å². The van der Waals surface area contributed by atoms with Crippen LogP contribution in [0.3, 0.4) is 0 Å². The molecule has 1 amide bonds. The van der Waals surface area contributed by atoms with Gasteiger partial charge in [-0.2, -0.15) is 0 Å². The lowest BCUT2D eigenvalue weighted by atomic mass is 9.87. The second kappa shape index (κ2) is 6.83. The highest BCUT2D eigenvalue weighted by molar-refractivity contribution is 5.91. The summed E-state index contributed by atoms with van der Waals surface area (Å²) in [5, 5.41) is 9.42. The van der Waals surface area contributed by atoms with Gasteiger partial charge in [-0.3, -0.25) is 0 Å². The summed E-state index contributed by atoms with van der Waals surface area (Å²) in [6.07, 6.45) is 8.43. The van der Waals surface area contributed by atoms with Crippen molar-refractivity contribution >= 4 is 12.1 Å². The maximum Gasteiger partial charge on any atom is 0.407 e. The van der Waals surface area contributed by atoms with Gasteiger partial charge in [0, 0.05) is 24.1 Å². The average Bonchev–Trinajstić information content (AvgIpc) is 3.31. The van der Waals surface area contributed by atoms with E-state index in [4.69, 9.17) is 4.74 Å². The number of ether oxygens (including phenoxy) is 1. The summed E-state index contributed by atoms with van der Waals surface area (Å²) in [6.45, 7) is 6.42. The van der Waals surface area contributed by atoms with Gasteiger partial charge in [-0.15, -0.1) is 0 Å². The van der Waals surface area contributed by atoms with Gasteiger partial charge in [-0.1, -0.05) is 23.8 Å². The van der Waals surface area contributed by atoms with Crippen molar-refractivity contribution in [2.75, 3.05) is 6.54 Å². The maximum absolute atomic E-state index is 11.8. The molecule has 5 heteroatoms. The van der Waals surface area contributed by atoms with Crippen molar-refractivity contribution in [3.63, 3.8) is 0 Å². The largest absolute Gasteiger partial charge is 0.465 e. The minimum Gasteiger partial charge on any atom is -0.465 e. The SMILES string of the molecule is C=C1C(=O)O[C@@H]2C=C(C)CCC=C(CN(C(=O)O)C3CC3)CC[C@H]12. The normalized spacial score (nSPS) is 27.7. The van der Waals surface area contributed by atoms with Gasteiger partial charge in [0.2, 0.25) is 0 Å². The summed E-state index contributed by atoms with van der Waals surface area (Å²) in [5.74, 6) is -0.308. The number of rotatable bonds is 3. The van der Waals surface area contributed by atoms with Crippen molar-refractivity contribution in [1.29, 1.82) is 0 Å². The lowest BCUT2D eigenvalue weighted by Crippen LogP contribution is -2.33. The monoisotopic (exact) mass is 331 g/mol. The van der Waals surface area contributed by atoms with Crippen molar-refractivity contribution in [2.24, 2.45) is 5.92 Å². The first kappa shape index (κ1) is 16.8. The molecule has 0 aromatic carbocycles. The fourth-order valence-electron chi connectivity index (χ4n) is 3.53. The fourth-order valence-corrected chi connectivity index (χ4v) is 3.53. The van der Waals surface area contributed by atoms with Gasteiger partial charge in [0.15, 0.2) is 0 Å². The molecule has 3 aliphatic rings. The first-order valence-electron chi connectivity index (χ1n) is 8.70. The molecule has 1 saturated heterocycles. The zero-order valence-electron chi connectivity index (χ0n) is 14.2. The molecule has 130 valence electrons. The third kappa shape index (κ3) is 3.71. The van der Waals surface area contributed by atoms with E-state index in [1.54, 1.807) is 4.90 Å². The molecule has 2 atom stereocenters. The lowest BCUT2D eigenvalue weighted by molar-refractivity contribution is -0.137. The van der Waals surface area contributed by atoms with Crippen molar-refractivity contribution in [1.82, 2.24) is 4.90 Å². The smallest absolute Gasteiger partial charge is 0.407 e. The predicted molar refractivity (Wildman–Crippen MR) is 90.6 cm³/mol.